The third kappa shape index (κ3) is 4.19. The van der Waals surface area contributed by atoms with E-state index in [2.05, 4.69) is 0 Å². The van der Waals surface area contributed by atoms with Crippen LogP contribution in [0.15, 0.2) is 41.3 Å². The highest BCUT2D eigenvalue weighted by Gasteiger charge is 2.31. The third-order valence-electron chi connectivity index (χ3n) is 4.72. The van der Waals surface area contributed by atoms with Crippen molar-refractivity contribution < 1.29 is 22.6 Å². The Morgan fingerprint density at radius 2 is 1.55 bits per heavy atom. The van der Waals surface area contributed by atoms with Gasteiger partial charge in [0.2, 0.25) is 10.0 Å². The molecule has 1 aliphatic rings. The van der Waals surface area contributed by atoms with Crippen LogP contribution in [0.4, 0.5) is 0 Å². The molecule has 0 radical (unpaired) electrons. The number of hydrogen-bond acceptors (Lipinski definition) is 5. The van der Waals surface area contributed by atoms with Crippen LogP contribution in [0.5, 0.6) is 17.2 Å². The van der Waals surface area contributed by atoms with E-state index in [1.165, 1.54) is 16.4 Å². The van der Waals surface area contributed by atoms with Crippen molar-refractivity contribution in [3.63, 3.8) is 0 Å². The van der Waals surface area contributed by atoms with Gasteiger partial charge in [-0.15, -0.1) is 0 Å². The fourth-order valence-corrected chi connectivity index (χ4v) is 5.75. The lowest BCUT2D eigenvalue weighted by Crippen LogP contribution is -2.35. The average molecular weight is 458 g/mol. The van der Waals surface area contributed by atoms with Gasteiger partial charge in [0.15, 0.2) is 0 Å². The number of hydrogen-bond donors (Lipinski definition) is 0. The zero-order chi connectivity index (χ0) is 21.2. The summed E-state index contributed by atoms with van der Waals surface area (Å²) in [4.78, 5) is -0.0696. The van der Waals surface area contributed by atoms with E-state index in [1.807, 2.05) is 6.08 Å². The molecule has 1 heterocycles. The normalized spacial score (nSPS) is 15.0. The van der Waals surface area contributed by atoms with E-state index in [4.69, 9.17) is 37.4 Å². The molecule has 0 fully saturated rings. The van der Waals surface area contributed by atoms with Crippen LogP contribution < -0.4 is 14.2 Å². The highest BCUT2D eigenvalue weighted by Crippen LogP contribution is 2.41. The van der Waals surface area contributed by atoms with Gasteiger partial charge >= 0.3 is 0 Å². The topological polar surface area (TPSA) is 65.1 Å². The van der Waals surface area contributed by atoms with Crippen molar-refractivity contribution in [1.29, 1.82) is 0 Å². The Kier molecular flexibility index (Phi) is 6.63. The van der Waals surface area contributed by atoms with Gasteiger partial charge in [-0.25, -0.2) is 8.42 Å². The van der Waals surface area contributed by atoms with Gasteiger partial charge in [-0.3, -0.25) is 0 Å². The highest BCUT2D eigenvalue weighted by atomic mass is 35.5. The van der Waals surface area contributed by atoms with Crippen LogP contribution in [0, 0.1) is 0 Å². The summed E-state index contributed by atoms with van der Waals surface area (Å²) in [6.45, 7) is 0.450. The first-order chi connectivity index (χ1) is 13.8. The Bertz CT molecular complexity index is 1010. The fourth-order valence-electron chi connectivity index (χ4n) is 3.28. The summed E-state index contributed by atoms with van der Waals surface area (Å²) in [6, 6.07) is 8.17. The predicted molar refractivity (Wildman–Crippen MR) is 114 cm³/mol. The molecule has 2 aromatic carbocycles. The Morgan fingerprint density at radius 1 is 0.966 bits per heavy atom. The van der Waals surface area contributed by atoms with Crippen LogP contribution >= 0.6 is 23.2 Å². The van der Waals surface area contributed by atoms with Gasteiger partial charge in [0, 0.05) is 25.2 Å². The first-order valence-electron chi connectivity index (χ1n) is 8.77. The summed E-state index contributed by atoms with van der Waals surface area (Å²) >= 11 is 12.2. The van der Waals surface area contributed by atoms with Gasteiger partial charge in [-0.05, 0) is 24.1 Å². The van der Waals surface area contributed by atoms with E-state index >= 15 is 0 Å². The summed E-state index contributed by atoms with van der Waals surface area (Å²) in [5.74, 6) is 1.80. The lowest BCUT2D eigenvalue weighted by Gasteiger charge is -2.28. The zero-order valence-electron chi connectivity index (χ0n) is 16.2. The molecule has 29 heavy (non-hydrogen) atoms. The van der Waals surface area contributed by atoms with Crippen LogP contribution in [-0.2, 0) is 10.0 Å². The second-order valence-corrected chi connectivity index (χ2v) is 8.99. The number of methoxy groups -OCH3 is 3. The fraction of sp³-hybridized carbons (Fsp3) is 0.300. The van der Waals surface area contributed by atoms with E-state index in [0.29, 0.717) is 23.7 Å². The van der Waals surface area contributed by atoms with Crippen LogP contribution in [-0.4, -0.2) is 47.1 Å². The zero-order valence-corrected chi connectivity index (χ0v) is 18.6. The molecule has 0 atom stereocenters. The summed E-state index contributed by atoms with van der Waals surface area (Å²) in [5, 5.41) is 0.205. The van der Waals surface area contributed by atoms with E-state index in [1.54, 1.807) is 39.5 Å². The minimum atomic E-state index is -3.83. The van der Waals surface area contributed by atoms with Crippen molar-refractivity contribution in [2.24, 2.45) is 0 Å². The van der Waals surface area contributed by atoms with Crippen molar-refractivity contribution >= 4 is 38.8 Å². The van der Waals surface area contributed by atoms with E-state index in [-0.39, 0.29) is 28.0 Å². The molecule has 0 saturated carbocycles. The second-order valence-electron chi connectivity index (χ2n) is 6.30. The van der Waals surface area contributed by atoms with Crippen LogP contribution in [0.1, 0.15) is 12.0 Å². The van der Waals surface area contributed by atoms with Gasteiger partial charge in [-0.2, -0.15) is 4.31 Å². The average Bonchev–Trinajstić information content (AvgIpc) is 2.72. The summed E-state index contributed by atoms with van der Waals surface area (Å²) < 4.78 is 43.8. The second kappa shape index (κ2) is 8.83. The first kappa shape index (κ1) is 21.8. The summed E-state index contributed by atoms with van der Waals surface area (Å²) in [6.07, 6.45) is 2.32. The molecule has 0 N–H and O–H groups in total. The maximum absolute atomic E-state index is 13.1. The quantitative estimate of drug-likeness (QED) is 0.638. The molecule has 0 aromatic heterocycles. The van der Waals surface area contributed by atoms with E-state index in [9.17, 15) is 8.42 Å². The molecule has 0 spiro atoms. The Balaban J connectivity index is 1.96. The van der Waals surface area contributed by atoms with E-state index in [0.717, 1.165) is 11.1 Å². The smallest absolute Gasteiger partial charge is 0.246 e. The molecular formula is C20H21Cl2NO5S. The molecule has 0 unspecified atom stereocenters. The molecule has 0 saturated heterocycles. The molecule has 9 heteroatoms. The number of ether oxygens (including phenoxy) is 3. The van der Waals surface area contributed by atoms with Crippen LogP contribution in [0.2, 0.25) is 10.0 Å². The number of halogens is 2. The maximum atomic E-state index is 13.1. The Morgan fingerprint density at radius 3 is 2.00 bits per heavy atom. The molecule has 2 aromatic rings. The van der Waals surface area contributed by atoms with Crippen LogP contribution in [0.25, 0.3) is 5.57 Å². The number of rotatable bonds is 6. The lowest BCUT2D eigenvalue weighted by molar-refractivity contribution is 0.372. The van der Waals surface area contributed by atoms with Gasteiger partial charge in [0.05, 0.1) is 36.9 Å². The minimum Gasteiger partial charge on any atom is -0.496 e. The standard InChI is InChI=1S/C20H21Cl2NO5S/c1-26-14-11-17(27-2)19(18(12-14)28-3)13-7-9-23(10-8-13)29(24,25)20-15(21)5-4-6-16(20)22/h4-7,11-12H,8-10H2,1-3H3. The molecule has 0 aliphatic carbocycles. The monoisotopic (exact) mass is 457 g/mol. The van der Waals surface area contributed by atoms with Gasteiger partial charge in [0.25, 0.3) is 0 Å². The van der Waals surface area contributed by atoms with Crippen LogP contribution in [0.3, 0.4) is 0 Å². The van der Waals surface area contributed by atoms with Gasteiger partial charge in [-0.1, -0.05) is 35.3 Å². The van der Waals surface area contributed by atoms with Crippen molar-refractivity contribution in [2.75, 3.05) is 34.4 Å². The van der Waals surface area contributed by atoms with Crippen molar-refractivity contribution in [3.05, 3.63) is 52.0 Å². The van der Waals surface area contributed by atoms with Crippen molar-refractivity contribution in [1.82, 2.24) is 4.31 Å². The van der Waals surface area contributed by atoms with Crippen molar-refractivity contribution in [2.45, 2.75) is 11.3 Å². The van der Waals surface area contributed by atoms with Gasteiger partial charge < -0.3 is 14.2 Å². The number of nitrogens with zero attached hydrogens (tertiary/aromatic N) is 1. The predicted octanol–water partition coefficient (Wildman–Crippen LogP) is 4.50. The molecule has 1 aliphatic heterocycles. The Hall–Kier alpha value is -1.93. The number of sulfonamides is 1. The van der Waals surface area contributed by atoms with E-state index < -0.39 is 10.0 Å². The minimum absolute atomic E-state index is 0.0696. The number of benzene rings is 2. The summed E-state index contributed by atoms with van der Waals surface area (Å²) in [5.41, 5.74) is 1.71. The highest BCUT2D eigenvalue weighted by molar-refractivity contribution is 7.89. The SMILES string of the molecule is COc1cc(OC)c(C2=CCN(S(=O)(=O)c3c(Cl)cccc3Cl)CC2)c(OC)c1. The first-order valence-corrected chi connectivity index (χ1v) is 11.0. The molecular weight excluding hydrogens is 437 g/mol. The summed E-state index contributed by atoms with van der Waals surface area (Å²) in [7, 11) is 0.871. The molecule has 0 bridgehead atoms. The lowest BCUT2D eigenvalue weighted by atomic mass is 9.98. The molecule has 3 rings (SSSR count). The molecule has 6 nitrogen and oxygen atoms in total. The largest absolute Gasteiger partial charge is 0.496 e. The maximum Gasteiger partial charge on any atom is 0.246 e. The van der Waals surface area contributed by atoms with Gasteiger partial charge in [0.1, 0.15) is 22.1 Å². The molecule has 156 valence electrons. The molecule has 0 amide bonds. The Labute approximate surface area is 180 Å². The third-order valence-corrected chi connectivity index (χ3v) is 7.55. The van der Waals surface area contributed by atoms with Crippen molar-refractivity contribution in [3.8, 4) is 17.2 Å².